The molecule has 1 aromatic carbocycles. The van der Waals surface area contributed by atoms with Gasteiger partial charge in [-0.1, -0.05) is 24.6 Å². The van der Waals surface area contributed by atoms with Crippen molar-refractivity contribution in [2.75, 3.05) is 11.5 Å². The first-order valence-electron chi connectivity index (χ1n) is 5.78. The number of benzene rings is 1. The summed E-state index contributed by atoms with van der Waals surface area (Å²) in [7, 11) is 0. The van der Waals surface area contributed by atoms with Crippen LogP contribution in [0.25, 0.3) is 0 Å². The summed E-state index contributed by atoms with van der Waals surface area (Å²) in [4.78, 5) is 12.2. The molecule has 0 bridgehead atoms. The highest BCUT2D eigenvalue weighted by Crippen LogP contribution is 2.33. The van der Waals surface area contributed by atoms with E-state index in [2.05, 4.69) is 6.92 Å². The van der Waals surface area contributed by atoms with Crippen LogP contribution in [0.15, 0.2) is 18.2 Å². The summed E-state index contributed by atoms with van der Waals surface area (Å²) < 4.78 is 13.6. The van der Waals surface area contributed by atoms with Gasteiger partial charge in [0.25, 0.3) is 0 Å². The molecule has 0 amide bonds. The molecular weight excluding hydrogens is 291 g/mol. The SMILES string of the molecule is CC1SCCSC1C(=O)Cc1c(F)cccc1Cl. The number of hydrogen-bond acceptors (Lipinski definition) is 3. The van der Waals surface area contributed by atoms with Crippen molar-refractivity contribution >= 4 is 40.9 Å². The van der Waals surface area contributed by atoms with Gasteiger partial charge in [-0.3, -0.25) is 4.79 Å². The lowest BCUT2D eigenvalue weighted by molar-refractivity contribution is -0.117. The molecule has 0 spiro atoms. The van der Waals surface area contributed by atoms with Crippen LogP contribution in [0.4, 0.5) is 4.39 Å². The van der Waals surface area contributed by atoms with E-state index in [1.165, 1.54) is 6.07 Å². The predicted molar refractivity (Wildman–Crippen MR) is 78.3 cm³/mol. The second-order valence-corrected chi connectivity index (χ2v) is 7.35. The third-order valence-corrected chi connectivity index (χ3v) is 6.41. The normalized spacial score (nSPS) is 23.9. The number of carbonyl (C=O) groups is 1. The maximum atomic E-state index is 13.6. The van der Waals surface area contributed by atoms with Crippen LogP contribution in [-0.2, 0) is 11.2 Å². The predicted octanol–water partition coefficient (Wildman–Crippen LogP) is 3.83. The minimum Gasteiger partial charge on any atom is -0.298 e. The second kappa shape index (κ2) is 6.31. The van der Waals surface area contributed by atoms with Gasteiger partial charge in [0, 0.05) is 33.8 Å². The summed E-state index contributed by atoms with van der Waals surface area (Å²) >= 11 is 9.42. The molecule has 0 aromatic heterocycles. The van der Waals surface area contributed by atoms with Crippen LogP contribution >= 0.6 is 35.1 Å². The molecule has 1 fully saturated rings. The number of halogens is 2. The smallest absolute Gasteiger partial charge is 0.151 e. The fourth-order valence-corrected chi connectivity index (χ4v) is 4.93. The van der Waals surface area contributed by atoms with Crippen LogP contribution < -0.4 is 0 Å². The van der Waals surface area contributed by atoms with Crippen LogP contribution in [0.2, 0.25) is 5.02 Å². The van der Waals surface area contributed by atoms with E-state index in [-0.39, 0.29) is 17.5 Å². The Balaban J connectivity index is 2.11. The van der Waals surface area contributed by atoms with Gasteiger partial charge >= 0.3 is 0 Å². The van der Waals surface area contributed by atoms with Gasteiger partial charge in [-0.05, 0) is 12.1 Å². The molecule has 1 nitrogen and oxygen atoms in total. The van der Waals surface area contributed by atoms with Gasteiger partial charge in [0.05, 0.1) is 5.25 Å². The minimum atomic E-state index is -0.392. The van der Waals surface area contributed by atoms with Crippen molar-refractivity contribution < 1.29 is 9.18 Å². The Morgan fingerprint density at radius 3 is 2.83 bits per heavy atom. The van der Waals surface area contributed by atoms with Gasteiger partial charge in [-0.2, -0.15) is 11.8 Å². The third-order valence-electron chi connectivity index (χ3n) is 2.92. The van der Waals surface area contributed by atoms with E-state index in [9.17, 15) is 9.18 Å². The first-order valence-corrected chi connectivity index (χ1v) is 8.26. The Hall–Kier alpha value is -0.190. The Labute approximate surface area is 120 Å². The first kappa shape index (κ1) is 14.2. The van der Waals surface area contributed by atoms with E-state index in [0.717, 1.165) is 11.5 Å². The van der Waals surface area contributed by atoms with E-state index >= 15 is 0 Å². The lowest BCUT2D eigenvalue weighted by atomic mass is 10.0. The highest BCUT2D eigenvalue weighted by atomic mass is 35.5. The van der Waals surface area contributed by atoms with Crippen molar-refractivity contribution in [1.29, 1.82) is 0 Å². The molecule has 98 valence electrons. The number of rotatable bonds is 3. The quantitative estimate of drug-likeness (QED) is 0.845. The average Bonchev–Trinajstić information content (AvgIpc) is 2.34. The summed E-state index contributed by atoms with van der Waals surface area (Å²) in [6, 6.07) is 4.53. The molecule has 18 heavy (non-hydrogen) atoms. The Bertz CT molecular complexity index is 432. The molecule has 0 aliphatic carbocycles. The molecule has 1 heterocycles. The van der Waals surface area contributed by atoms with Crippen LogP contribution in [-0.4, -0.2) is 27.8 Å². The molecule has 1 aliphatic heterocycles. The van der Waals surface area contributed by atoms with Crippen LogP contribution in [0.5, 0.6) is 0 Å². The summed E-state index contributed by atoms with van der Waals surface area (Å²) in [5.74, 6) is 1.75. The largest absolute Gasteiger partial charge is 0.298 e. The van der Waals surface area contributed by atoms with Crippen molar-refractivity contribution in [3.63, 3.8) is 0 Å². The molecule has 0 radical (unpaired) electrons. The van der Waals surface area contributed by atoms with Crippen LogP contribution in [0.3, 0.4) is 0 Å². The van der Waals surface area contributed by atoms with E-state index < -0.39 is 5.82 Å². The molecule has 2 atom stereocenters. The molecule has 0 saturated carbocycles. The topological polar surface area (TPSA) is 17.1 Å². The summed E-state index contributed by atoms with van der Waals surface area (Å²) in [6.45, 7) is 2.06. The highest BCUT2D eigenvalue weighted by Gasteiger charge is 2.29. The van der Waals surface area contributed by atoms with Gasteiger partial charge in [0.1, 0.15) is 5.82 Å². The molecule has 5 heteroatoms. The lowest BCUT2D eigenvalue weighted by Crippen LogP contribution is -2.32. The number of hydrogen-bond donors (Lipinski definition) is 0. The molecule has 2 rings (SSSR count). The molecule has 1 aromatic rings. The number of Topliss-reactive ketones (excluding diaryl/α,β-unsaturated/α-hetero) is 1. The standard InChI is InChI=1S/C13H14ClFOS2/c1-8-13(18-6-5-17-8)12(16)7-9-10(14)3-2-4-11(9)15/h2-4,8,13H,5-7H2,1H3. The fourth-order valence-electron chi connectivity index (χ4n) is 1.96. The summed E-state index contributed by atoms with van der Waals surface area (Å²) in [5.41, 5.74) is 0.326. The van der Waals surface area contributed by atoms with Gasteiger partial charge < -0.3 is 0 Å². The number of carbonyl (C=O) groups excluding carboxylic acids is 1. The van der Waals surface area contributed by atoms with Crippen molar-refractivity contribution in [1.82, 2.24) is 0 Å². The Morgan fingerprint density at radius 1 is 1.44 bits per heavy atom. The molecule has 0 N–H and O–H groups in total. The van der Waals surface area contributed by atoms with Gasteiger partial charge in [-0.25, -0.2) is 4.39 Å². The molecular formula is C13H14ClFOS2. The van der Waals surface area contributed by atoms with E-state index in [1.807, 2.05) is 0 Å². The second-order valence-electron chi connectivity index (χ2n) is 4.21. The Morgan fingerprint density at radius 2 is 2.17 bits per heavy atom. The highest BCUT2D eigenvalue weighted by molar-refractivity contribution is 8.07. The first-order chi connectivity index (χ1) is 8.59. The molecule has 1 saturated heterocycles. The zero-order chi connectivity index (χ0) is 13.1. The number of thioether (sulfide) groups is 2. The lowest BCUT2D eigenvalue weighted by Gasteiger charge is -2.26. The van der Waals surface area contributed by atoms with Crippen molar-refractivity contribution in [2.24, 2.45) is 0 Å². The maximum Gasteiger partial charge on any atom is 0.151 e. The minimum absolute atomic E-state index is 0.0422. The average molecular weight is 305 g/mol. The third kappa shape index (κ3) is 3.22. The molecule has 1 aliphatic rings. The van der Waals surface area contributed by atoms with E-state index in [0.29, 0.717) is 15.8 Å². The monoisotopic (exact) mass is 304 g/mol. The van der Waals surface area contributed by atoms with Crippen molar-refractivity contribution in [3.05, 3.63) is 34.6 Å². The summed E-state index contributed by atoms with van der Waals surface area (Å²) in [5, 5.41) is 0.589. The van der Waals surface area contributed by atoms with Gasteiger partial charge in [-0.15, -0.1) is 11.8 Å². The van der Waals surface area contributed by atoms with Crippen LogP contribution in [0.1, 0.15) is 12.5 Å². The fraction of sp³-hybridized carbons (Fsp3) is 0.462. The maximum absolute atomic E-state index is 13.6. The van der Waals surface area contributed by atoms with E-state index in [4.69, 9.17) is 11.6 Å². The van der Waals surface area contributed by atoms with Crippen LogP contribution in [0, 0.1) is 5.82 Å². The number of ketones is 1. The van der Waals surface area contributed by atoms with Gasteiger partial charge in [0.15, 0.2) is 5.78 Å². The zero-order valence-corrected chi connectivity index (χ0v) is 12.4. The Kier molecular flexibility index (Phi) is 4.98. The van der Waals surface area contributed by atoms with Gasteiger partial charge in [0.2, 0.25) is 0 Å². The summed E-state index contributed by atoms with van der Waals surface area (Å²) in [6.07, 6.45) is 0.0913. The van der Waals surface area contributed by atoms with E-state index in [1.54, 1.807) is 35.7 Å². The van der Waals surface area contributed by atoms with Crippen molar-refractivity contribution in [2.45, 2.75) is 23.8 Å². The zero-order valence-electron chi connectivity index (χ0n) is 9.99. The van der Waals surface area contributed by atoms with Crippen molar-refractivity contribution in [3.8, 4) is 0 Å². The molecule has 2 unspecified atom stereocenters.